The van der Waals surface area contributed by atoms with E-state index >= 15 is 0 Å². The first-order chi connectivity index (χ1) is 16.5. The van der Waals surface area contributed by atoms with Crippen LogP contribution in [0.5, 0.6) is 0 Å². The summed E-state index contributed by atoms with van der Waals surface area (Å²) < 4.78 is 29.4. The van der Waals surface area contributed by atoms with Crippen LogP contribution in [0, 0.1) is 36.3 Å². The SMILES string of the molecule is Cc1cc(N2C[C@H]3CC[C@@H](C2)C3Cc2nc3n(n2)CCCCN3c2ccc(F)c(F)c2)ccn1. The van der Waals surface area contributed by atoms with E-state index in [4.69, 9.17) is 10.1 Å². The van der Waals surface area contributed by atoms with E-state index in [0.717, 1.165) is 62.9 Å². The van der Waals surface area contributed by atoms with Crippen LogP contribution in [0.3, 0.4) is 0 Å². The van der Waals surface area contributed by atoms with Gasteiger partial charge in [0.05, 0.1) is 0 Å². The molecule has 4 heterocycles. The number of anilines is 3. The Kier molecular flexibility index (Phi) is 5.46. The predicted octanol–water partition coefficient (Wildman–Crippen LogP) is 4.90. The Bertz CT molecular complexity index is 1180. The monoisotopic (exact) mass is 464 g/mol. The lowest BCUT2D eigenvalue weighted by Crippen LogP contribution is -2.42. The maximum absolute atomic E-state index is 13.9. The molecule has 2 bridgehead atoms. The Morgan fingerprint density at radius 1 is 0.941 bits per heavy atom. The van der Waals surface area contributed by atoms with Gasteiger partial charge < -0.3 is 9.80 Å². The summed E-state index contributed by atoms with van der Waals surface area (Å²) in [7, 11) is 0. The lowest BCUT2D eigenvalue weighted by Gasteiger charge is -2.39. The molecule has 1 unspecified atom stereocenters. The molecule has 2 aromatic heterocycles. The Morgan fingerprint density at radius 3 is 2.50 bits per heavy atom. The van der Waals surface area contributed by atoms with Crippen molar-refractivity contribution >= 4 is 17.3 Å². The number of hydrogen-bond acceptors (Lipinski definition) is 5. The molecule has 6 nitrogen and oxygen atoms in total. The summed E-state index contributed by atoms with van der Waals surface area (Å²) in [4.78, 5) is 13.8. The summed E-state index contributed by atoms with van der Waals surface area (Å²) in [6.45, 7) is 5.70. The third-order valence-corrected chi connectivity index (χ3v) is 7.85. The molecule has 3 aliphatic rings. The van der Waals surface area contributed by atoms with Gasteiger partial charge in [0.25, 0.3) is 0 Å². The molecule has 3 atom stereocenters. The van der Waals surface area contributed by atoms with Crippen molar-refractivity contribution in [2.75, 3.05) is 29.4 Å². The molecule has 2 fully saturated rings. The van der Waals surface area contributed by atoms with Gasteiger partial charge in [0.1, 0.15) is 0 Å². The normalized spacial score (nSPS) is 24.3. The largest absolute Gasteiger partial charge is 0.371 e. The fourth-order valence-electron chi connectivity index (χ4n) is 6.16. The van der Waals surface area contributed by atoms with Gasteiger partial charge in [0, 0.05) is 61.9 Å². The fraction of sp³-hybridized carbons (Fsp3) is 0.500. The summed E-state index contributed by atoms with van der Waals surface area (Å²) in [5.41, 5.74) is 2.96. The first-order valence-electron chi connectivity index (χ1n) is 12.4. The maximum Gasteiger partial charge on any atom is 0.228 e. The van der Waals surface area contributed by atoms with Crippen molar-refractivity contribution in [1.29, 1.82) is 0 Å². The Hall–Kier alpha value is -3.03. The van der Waals surface area contributed by atoms with Crippen LogP contribution in [0.4, 0.5) is 26.1 Å². The van der Waals surface area contributed by atoms with E-state index in [1.165, 1.54) is 30.7 Å². The van der Waals surface area contributed by atoms with E-state index in [0.29, 0.717) is 23.4 Å². The van der Waals surface area contributed by atoms with E-state index in [-0.39, 0.29) is 0 Å². The second-order valence-corrected chi connectivity index (χ2v) is 10.0. The number of hydrogen-bond donors (Lipinski definition) is 0. The van der Waals surface area contributed by atoms with Crippen molar-refractivity contribution in [1.82, 2.24) is 19.7 Å². The van der Waals surface area contributed by atoms with Gasteiger partial charge in [-0.15, -0.1) is 0 Å². The van der Waals surface area contributed by atoms with Gasteiger partial charge in [0.2, 0.25) is 5.95 Å². The molecule has 1 aromatic carbocycles. The topological polar surface area (TPSA) is 50.1 Å². The van der Waals surface area contributed by atoms with Crippen LogP contribution in [0.1, 0.15) is 37.2 Å². The highest BCUT2D eigenvalue weighted by Crippen LogP contribution is 2.44. The van der Waals surface area contributed by atoms with E-state index in [1.807, 2.05) is 22.7 Å². The van der Waals surface area contributed by atoms with Gasteiger partial charge in [-0.2, -0.15) is 10.1 Å². The average Bonchev–Trinajstić information content (AvgIpc) is 3.23. The zero-order chi connectivity index (χ0) is 23.2. The van der Waals surface area contributed by atoms with Gasteiger partial charge in [-0.25, -0.2) is 13.5 Å². The molecule has 0 spiro atoms. The Labute approximate surface area is 198 Å². The van der Waals surface area contributed by atoms with E-state index in [1.54, 1.807) is 6.07 Å². The zero-order valence-corrected chi connectivity index (χ0v) is 19.5. The smallest absolute Gasteiger partial charge is 0.228 e. The molecule has 1 saturated carbocycles. The van der Waals surface area contributed by atoms with Crippen molar-refractivity contribution in [3.63, 3.8) is 0 Å². The van der Waals surface area contributed by atoms with E-state index < -0.39 is 11.6 Å². The molecule has 3 aromatic rings. The van der Waals surface area contributed by atoms with Crippen molar-refractivity contribution in [3.8, 4) is 0 Å². The highest BCUT2D eigenvalue weighted by Gasteiger charge is 2.42. The first-order valence-corrected chi connectivity index (χ1v) is 12.4. The van der Waals surface area contributed by atoms with Crippen LogP contribution in [0.15, 0.2) is 36.5 Å². The number of pyridine rings is 1. The summed E-state index contributed by atoms with van der Waals surface area (Å²) in [5, 5.41) is 4.88. The van der Waals surface area contributed by atoms with Crippen LogP contribution < -0.4 is 9.80 Å². The van der Waals surface area contributed by atoms with E-state index in [2.05, 4.69) is 22.0 Å². The van der Waals surface area contributed by atoms with Gasteiger partial charge in [-0.1, -0.05) is 0 Å². The van der Waals surface area contributed by atoms with Crippen molar-refractivity contribution in [3.05, 3.63) is 59.7 Å². The molecule has 0 N–H and O–H groups in total. The molecule has 178 valence electrons. The molecule has 0 amide bonds. The number of nitrogens with zero attached hydrogens (tertiary/aromatic N) is 6. The quantitative estimate of drug-likeness (QED) is 0.550. The molecule has 0 radical (unpaired) electrons. The molecule has 6 rings (SSSR count). The van der Waals surface area contributed by atoms with Gasteiger partial charge in [-0.3, -0.25) is 4.98 Å². The third kappa shape index (κ3) is 3.93. The second kappa shape index (κ2) is 8.64. The van der Waals surface area contributed by atoms with Crippen LogP contribution in [-0.4, -0.2) is 39.4 Å². The molecule has 1 aliphatic carbocycles. The summed E-state index contributed by atoms with van der Waals surface area (Å²) in [6, 6.07) is 8.37. The maximum atomic E-state index is 13.9. The van der Waals surface area contributed by atoms with Crippen LogP contribution in [0.25, 0.3) is 0 Å². The lowest BCUT2D eigenvalue weighted by atomic mass is 9.82. The molecular formula is C26H30F2N6. The summed E-state index contributed by atoms with van der Waals surface area (Å²) in [5.74, 6) is 1.82. The number of benzene rings is 1. The van der Waals surface area contributed by atoms with Crippen molar-refractivity contribution < 1.29 is 8.78 Å². The minimum Gasteiger partial charge on any atom is -0.371 e. The number of aromatic nitrogens is 4. The van der Waals surface area contributed by atoms with Crippen molar-refractivity contribution in [2.24, 2.45) is 17.8 Å². The minimum absolute atomic E-state index is 0.586. The molecule has 8 heteroatoms. The van der Waals surface area contributed by atoms with Gasteiger partial charge >= 0.3 is 0 Å². The molecular weight excluding hydrogens is 434 g/mol. The summed E-state index contributed by atoms with van der Waals surface area (Å²) in [6.07, 6.45) is 7.24. The second-order valence-electron chi connectivity index (χ2n) is 10.0. The molecule has 34 heavy (non-hydrogen) atoms. The number of aryl methyl sites for hydroxylation is 2. The standard InChI is InChI=1S/C26H30F2N6/c1-17-12-20(8-9-29-17)32-15-18-4-5-19(16-32)22(18)14-25-30-26-33(10-2-3-11-34(26)31-25)21-6-7-23(27)24(28)13-21/h6-9,12-13,18-19,22H,2-5,10-11,14-16H2,1H3/t18-,19+,22?. The van der Waals surface area contributed by atoms with Crippen LogP contribution >= 0.6 is 0 Å². The lowest BCUT2D eigenvalue weighted by molar-refractivity contribution is 0.265. The Balaban J connectivity index is 1.22. The predicted molar refractivity (Wildman–Crippen MR) is 127 cm³/mol. The number of halogens is 2. The molecule has 2 aliphatic heterocycles. The number of fused-ring (bicyclic) bond motifs is 3. The number of piperidine rings is 1. The Morgan fingerprint density at radius 2 is 1.74 bits per heavy atom. The van der Waals surface area contributed by atoms with Crippen molar-refractivity contribution in [2.45, 2.75) is 45.6 Å². The minimum atomic E-state index is -0.833. The average molecular weight is 465 g/mol. The van der Waals surface area contributed by atoms with Gasteiger partial charge in [-0.05, 0) is 74.6 Å². The highest BCUT2D eigenvalue weighted by atomic mass is 19.2. The zero-order valence-electron chi connectivity index (χ0n) is 19.5. The van der Waals surface area contributed by atoms with Crippen LogP contribution in [0.2, 0.25) is 0 Å². The first kappa shape index (κ1) is 21.5. The highest BCUT2D eigenvalue weighted by molar-refractivity contribution is 5.58. The third-order valence-electron chi connectivity index (χ3n) is 7.85. The molecule has 1 saturated heterocycles. The summed E-state index contributed by atoms with van der Waals surface area (Å²) >= 11 is 0. The fourth-order valence-corrected chi connectivity index (χ4v) is 6.16. The number of rotatable bonds is 4. The van der Waals surface area contributed by atoms with Crippen LogP contribution in [-0.2, 0) is 13.0 Å². The van der Waals surface area contributed by atoms with Gasteiger partial charge in [0.15, 0.2) is 17.5 Å². The van der Waals surface area contributed by atoms with E-state index in [9.17, 15) is 8.78 Å².